The lowest BCUT2D eigenvalue weighted by molar-refractivity contribution is -0.411. The van der Waals surface area contributed by atoms with Gasteiger partial charge in [0, 0.05) is 6.42 Å². The van der Waals surface area contributed by atoms with E-state index in [1.807, 2.05) is 20.8 Å². The van der Waals surface area contributed by atoms with E-state index in [0.29, 0.717) is 0 Å². The number of hydrogen-bond acceptors (Lipinski definition) is 6. The summed E-state index contributed by atoms with van der Waals surface area (Å²) in [5, 5.41) is 8.24. The Morgan fingerprint density at radius 2 is 2.05 bits per heavy atom. The zero-order valence-corrected chi connectivity index (χ0v) is 11.4. The van der Waals surface area contributed by atoms with E-state index >= 15 is 0 Å². The van der Waals surface area contributed by atoms with Gasteiger partial charge in [0.1, 0.15) is 0 Å². The van der Waals surface area contributed by atoms with E-state index in [9.17, 15) is 9.59 Å². The van der Waals surface area contributed by atoms with Crippen LogP contribution in [0.1, 0.15) is 40.0 Å². The highest BCUT2D eigenvalue weighted by Crippen LogP contribution is 2.18. The van der Waals surface area contributed by atoms with Gasteiger partial charge in [0.2, 0.25) is 6.29 Å². The Morgan fingerprint density at radius 3 is 2.53 bits per heavy atom. The van der Waals surface area contributed by atoms with Gasteiger partial charge in [-0.2, -0.15) is 4.89 Å². The summed E-state index contributed by atoms with van der Waals surface area (Å²) in [6.07, 6.45) is -1.03. The standard InChI is InChI=1S/C12H20O7/c1-5-7-9(16-11(15)17-10(13)14)18-19-12(3,4)8-6-2/h5,9H,1,6-8H2,2-4H3,(H,13,14). The van der Waals surface area contributed by atoms with Crippen LogP contribution in [0, 0.1) is 0 Å². The van der Waals surface area contributed by atoms with Crippen LogP contribution in [0.2, 0.25) is 0 Å². The lowest BCUT2D eigenvalue weighted by Crippen LogP contribution is -2.30. The molecule has 0 bridgehead atoms. The molecule has 7 heteroatoms. The fourth-order valence-corrected chi connectivity index (χ4v) is 1.27. The van der Waals surface area contributed by atoms with Crippen molar-refractivity contribution < 1.29 is 33.9 Å². The van der Waals surface area contributed by atoms with E-state index in [4.69, 9.17) is 14.9 Å². The van der Waals surface area contributed by atoms with Crippen LogP contribution < -0.4 is 0 Å². The van der Waals surface area contributed by atoms with Gasteiger partial charge in [-0.05, 0) is 20.3 Å². The summed E-state index contributed by atoms with van der Waals surface area (Å²) in [6, 6.07) is 0. The largest absolute Gasteiger partial charge is 0.521 e. The lowest BCUT2D eigenvalue weighted by atomic mass is 10.0. The van der Waals surface area contributed by atoms with Crippen LogP contribution in [0.5, 0.6) is 0 Å². The van der Waals surface area contributed by atoms with Crippen molar-refractivity contribution >= 4 is 12.3 Å². The molecule has 0 aromatic rings. The van der Waals surface area contributed by atoms with E-state index in [1.165, 1.54) is 6.08 Å². The summed E-state index contributed by atoms with van der Waals surface area (Å²) >= 11 is 0. The highest BCUT2D eigenvalue weighted by molar-refractivity contribution is 5.75. The first kappa shape index (κ1) is 17.4. The van der Waals surface area contributed by atoms with Crippen LogP contribution >= 0.6 is 0 Å². The molecule has 1 N–H and O–H groups in total. The Hall–Kier alpha value is -1.60. The van der Waals surface area contributed by atoms with Gasteiger partial charge < -0.3 is 14.6 Å². The van der Waals surface area contributed by atoms with Crippen molar-refractivity contribution in [2.75, 3.05) is 0 Å². The summed E-state index contributed by atoms with van der Waals surface area (Å²) in [4.78, 5) is 31.3. The number of hydrogen-bond donors (Lipinski definition) is 1. The maximum Gasteiger partial charge on any atom is 0.521 e. The molecule has 110 valence electrons. The molecule has 19 heavy (non-hydrogen) atoms. The monoisotopic (exact) mass is 276 g/mol. The van der Waals surface area contributed by atoms with Gasteiger partial charge in [-0.3, -0.25) is 0 Å². The van der Waals surface area contributed by atoms with Crippen LogP contribution in [0.15, 0.2) is 12.7 Å². The highest BCUT2D eigenvalue weighted by atomic mass is 17.2. The third-order valence-electron chi connectivity index (χ3n) is 1.99. The molecule has 0 saturated carbocycles. The van der Waals surface area contributed by atoms with Crippen molar-refractivity contribution in [3.8, 4) is 0 Å². The van der Waals surface area contributed by atoms with E-state index in [1.54, 1.807) is 0 Å². The molecule has 1 unspecified atom stereocenters. The molecule has 0 rings (SSSR count). The zero-order valence-electron chi connectivity index (χ0n) is 11.4. The molecule has 0 aliphatic heterocycles. The van der Waals surface area contributed by atoms with E-state index in [0.717, 1.165) is 12.8 Å². The third kappa shape index (κ3) is 9.04. The Kier molecular flexibility index (Phi) is 7.78. The SMILES string of the molecule is C=CCC(OOC(C)(C)CCC)OC(=O)OC(=O)O. The minimum atomic E-state index is -1.76. The van der Waals surface area contributed by atoms with E-state index < -0.39 is 24.2 Å². The van der Waals surface area contributed by atoms with Crippen molar-refractivity contribution in [1.82, 2.24) is 0 Å². The maximum absolute atomic E-state index is 11.0. The molecule has 1 atom stereocenters. The van der Waals surface area contributed by atoms with Gasteiger partial charge in [-0.25, -0.2) is 14.5 Å². The predicted molar refractivity (Wildman–Crippen MR) is 65.3 cm³/mol. The summed E-state index contributed by atoms with van der Waals surface area (Å²) in [5.74, 6) is 0. The molecule has 0 aromatic heterocycles. The number of carboxylic acid groups (broad SMARTS) is 1. The third-order valence-corrected chi connectivity index (χ3v) is 1.99. The van der Waals surface area contributed by atoms with Gasteiger partial charge in [0.15, 0.2) is 0 Å². The minimum absolute atomic E-state index is 0.136. The first-order valence-corrected chi connectivity index (χ1v) is 5.87. The van der Waals surface area contributed by atoms with E-state index in [2.05, 4.69) is 16.1 Å². The van der Waals surface area contributed by atoms with Crippen LogP contribution in [-0.4, -0.2) is 29.3 Å². The molecular formula is C12H20O7. The van der Waals surface area contributed by atoms with Gasteiger partial charge in [-0.1, -0.05) is 19.4 Å². The Bertz CT molecular complexity index is 311. The predicted octanol–water partition coefficient (Wildman–Crippen LogP) is 3.25. The molecule has 0 aliphatic carbocycles. The first-order valence-electron chi connectivity index (χ1n) is 5.87. The van der Waals surface area contributed by atoms with Crippen LogP contribution in [0.3, 0.4) is 0 Å². The van der Waals surface area contributed by atoms with Gasteiger partial charge in [0.05, 0.1) is 5.60 Å². The molecule has 0 aromatic carbocycles. The summed E-state index contributed by atoms with van der Waals surface area (Å²) in [7, 11) is 0. The summed E-state index contributed by atoms with van der Waals surface area (Å²) < 4.78 is 8.41. The van der Waals surface area contributed by atoms with Crippen molar-refractivity contribution in [2.24, 2.45) is 0 Å². The number of carbonyl (C=O) groups is 2. The van der Waals surface area contributed by atoms with Crippen molar-refractivity contribution in [3.63, 3.8) is 0 Å². The van der Waals surface area contributed by atoms with Crippen molar-refractivity contribution in [2.45, 2.75) is 51.9 Å². The smallest absolute Gasteiger partial charge is 0.449 e. The maximum atomic E-state index is 11.0. The molecule has 0 amide bonds. The summed E-state index contributed by atoms with van der Waals surface area (Å²) in [6.45, 7) is 9.09. The second-order valence-corrected chi connectivity index (χ2v) is 4.38. The van der Waals surface area contributed by atoms with Gasteiger partial charge in [-0.15, -0.1) is 6.58 Å². The van der Waals surface area contributed by atoms with Crippen LogP contribution in [-0.2, 0) is 19.2 Å². The number of carbonyl (C=O) groups excluding carboxylic acids is 1. The van der Waals surface area contributed by atoms with Crippen LogP contribution in [0.4, 0.5) is 9.59 Å². The lowest BCUT2D eigenvalue weighted by Gasteiger charge is -2.25. The number of ether oxygens (including phenoxy) is 2. The Labute approximate surface area is 112 Å². The Morgan fingerprint density at radius 1 is 1.42 bits per heavy atom. The summed E-state index contributed by atoms with van der Waals surface area (Å²) in [5.41, 5.74) is -0.547. The average molecular weight is 276 g/mol. The zero-order chi connectivity index (χ0) is 14.9. The molecule has 0 aliphatic rings. The fraction of sp³-hybridized carbons (Fsp3) is 0.667. The molecular weight excluding hydrogens is 256 g/mol. The molecule has 0 fully saturated rings. The molecule has 0 saturated heterocycles. The second-order valence-electron chi connectivity index (χ2n) is 4.38. The van der Waals surface area contributed by atoms with Gasteiger partial charge >= 0.3 is 12.3 Å². The topological polar surface area (TPSA) is 91.3 Å². The van der Waals surface area contributed by atoms with Gasteiger partial charge in [0.25, 0.3) is 0 Å². The molecule has 7 nitrogen and oxygen atoms in total. The first-order chi connectivity index (χ1) is 8.80. The fourth-order valence-electron chi connectivity index (χ4n) is 1.27. The van der Waals surface area contributed by atoms with Crippen LogP contribution in [0.25, 0.3) is 0 Å². The molecule has 0 spiro atoms. The molecule has 0 radical (unpaired) electrons. The quantitative estimate of drug-likeness (QED) is 0.182. The average Bonchev–Trinajstić information content (AvgIpc) is 2.25. The van der Waals surface area contributed by atoms with Crippen molar-refractivity contribution in [3.05, 3.63) is 12.7 Å². The normalized spacial score (nSPS) is 12.6. The number of rotatable bonds is 8. The minimum Gasteiger partial charge on any atom is -0.449 e. The second kappa shape index (κ2) is 8.49. The van der Waals surface area contributed by atoms with Crippen molar-refractivity contribution in [1.29, 1.82) is 0 Å². The molecule has 0 heterocycles. The Balaban J connectivity index is 4.29. The highest BCUT2D eigenvalue weighted by Gasteiger charge is 2.24. The van der Waals surface area contributed by atoms with E-state index in [-0.39, 0.29) is 6.42 Å².